The van der Waals surface area contributed by atoms with Gasteiger partial charge in [0.25, 0.3) is 0 Å². The number of hydrogen-bond acceptors (Lipinski definition) is 2. The Kier molecular flexibility index (Phi) is 3.21. The van der Waals surface area contributed by atoms with E-state index in [9.17, 15) is 4.79 Å². The zero-order valence-electron chi connectivity index (χ0n) is 11.8. The van der Waals surface area contributed by atoms with E-state index in [0.717, 1.165) is 50.3 Å². The van der Waals surface area contributed by atoms with Crippen LogP contribution >= 0.6 is 0 Å². The molecule has 0 unspecified atom stereocenters. The number of hydrogen-bond donors (Lipinski definition) is 0. The van der Waals surface area contributed by atoms with E-state index in [1.807, 2.05) is 4.90 Å². The van der Waals surface area contributed by atoms with E-state index in [2.05, 4.69) is 19.9 Å². The van der Waals surface area contributed by atoms with Gasteiger partial charge >= 0.3 is 0 Å². The highest BCUT2D eigenvalue weighted by molar-refractivity contribution is 5.99. The summed E-state index contributed by atoms with van der Waals surface area (Å²) >= 11 is 0. The molecule has 102 valence electrons. The van der Waals surface area contributed by atoms with Crippen molar-refractivity contribution in [2.75, 3.05) is 18.1 Å². The Labute approximate surface area is 114 Å². The summed E-state index contributed by atoms with van der Waals surface area (Å²) in [5.74, 6) is 1.31. The van der Waals surface area contributed by atoms with Gasteiger partial charge in [0.1, 0.15) is 5.75 Å². The highest BCUT2D eigenvalue weighted by Gasteiger charge is 2.33. The van der Waals surface area contributed by atoms with Gasteiger partial charge < -0.3 is 9.64 Å². The lowest BCUT2D eigenvalue weighted by Crippen LogP contribution is -2.33. The molecule has 2 heterocycles. The van der Waals surface area contributed by atoms with Crippen LogP contribution in [-0.2, 0) is 17.6 Å². The fraction of sp³-hybridized carbons (Fsp3) is 0.562. The van der Waals surface area contributed by atoms with Crippen molar-refractivity contribution in [3.63, 3.8) is 0 Å². The first-order valence-corrected chi connectivity index (χ1v) is 7.31. The zero-order chi connectivity index (χ0) is 13.4. The predicted molar refractivity (Wildman–Crippen MR) is 76.0 cm³/mol. The molecule has 0 atom stereocenters. The largest absolute Gasteiger partial charge is 0.493 e. The molecule has 1 amide bonds. The smallest absolute Gasteiger partial charge is 0.227 e. The van der Waals surface area contributed by atoms with Crippen molar-refractivity contribution in [2.24, 2.45) is 0 Å². The van der Waals surface area contributed by atoms with E-state index >= 15 is 0 Å². The number of unbranched alkanes of at least 4 members (excludes halogenated alkanes) is 1. The van der Waals surface area contributed by atoms with Crippen LogP contribution in [0.4, 0.5) is 5.69 Å². The lowest BCUT2D eigenvalue weighted by molar-refractivity contribution is -0.118. The molecule has 3 heteroatoms. The van der Waals surface area contributed by atoms with E-state index < -0.39 is 0 Å². The molecular formula is C16H21NO2. The standard InChI is InChI=1S/C16H21NO2/c1-3-4-9-19-16-11(2)10-12-7-8-17-14(18)6-5-13(16)15(12)17/h10H,3-9H2,1-2H3. The third-order valence-corrected chi connectivity index (χ3v) is 4.12. The number of aryl methyl sites for hydroxylation is 1. The number of amides is 1. The van der Waals surface area contributed by atoms with E-state index in [4.69, 9.17) is 4.74 Å². The lowest BCUT2D eigenvalue weighted by atomic mass is 9.95. The fourth-order valence-electron chi connectivity index (χ4n) is 3.17. The van der Waals surface area contributed by atoms with E-state index in [1.165, 1.54) is 16.7 Å². The molecule has 0 saturated heterocycles. The Bertz CT molecular complexity index is 522. The SMILES string of the molecule is CCCCOc1c(C)cc2c3c1CCC(=O)N3CC2. The van der Waals surface area contributed by atoms with Gasteiger partial charge in [0.05, 0.1) is 12.3 Å². The molecule has 1 aromatic carbocycles. The van der Waals surface area contributed by atoms with Crippen molar-refractivity contribution in [2.45, 2.75) is 46.0 Å². The number of rotatable bonds is 4. The lowest BCUT2D eigenvalue weighted by Gasteiger charge is -2.28. The van der Waals surface area contributed by atoms with Crippen molar-refractivity contribution < 1.29 is 9.53 Å². The van der Waals surface area contributed by atoms with Crippen molar-refractivity contribution in [3.8, 4) is 5.75 Å². The van der Waals surface area contributed by atoms with Crippen LogP contribution in [0.5, 0.6) is 5.75 Å². The van der Waals surface area contributed by atoms with Crippen LogP contribution in [0.15, 0.2) is 6.07 Å². The summed E-state index contributed by atoms with van der Waals surface area (Å²) in [6, 6.07) is 2.21. The Balaban J connectivity index is 2.00. The monoisotopic (exact) mass is 259 g/mol. The molecule has 0 saturated carbocycles. The van der Waals surface area contributed by atoms with Crippen molar-refractivity contribution in [3.05, 3.63) is 22.8 Å². The maximum absolute atomic E-state index is 12.0. The van der Waals surface area contributed by atoms with Gasteiger partial charge in [-0.15, -0.1) is 0 Å². The van der Waals surface area contributed by atoms with Gasteiger partial charge in [0.15, 0.2) is 0 Å². The fourth-order valence-corrected chi connectivity index (χ4v) is 3.17. The molecule has 0 spiro atoms. The van der Waals surface area contributed by atoms with Gasteiger partial charge in [-0.25, -0.2) is 0 Å². The second kappa shape index (κ2) is 4.87. The first-order chi connectivity index (χ1) is 9.22. The normalized spacial score (nSPS) is 16.7. The number of carbonyl (C=O) groups excluding carboxylic acids is 1. The first kappa shape index (κ1) is 12.5. The summed E-state index contributed by atoms with van der Waals surface area (Å²) in [4.78, 5) is 13.9. The summed E-state index contributed by atoms with van der Waals surface area (Å²) in [7, 11) is 0. The van der Waals surface area contributed by atoms with Gasteiger partial charge in [0.2, 0.25) is 5.91 Å². The third kappa shape index (κ3) is 2.01. The maximum atomic E-state index is 12.0. The van der Waals surface area contributed by atoms with Crippen LogP contribution in [0, 0.1) is 6.92 Å². The van der Waals surface area contributed by atoms with Crippen LogP contribution in [0.3, 0.4) is 0 Å². The molecule has 19 heavy (non-hydrogen) atoms. The van der Waals surface area contributed by atoms with Gasteiger partial charge in [-0.3, -0.25) is 4.79 Å². The Morgan fingerprint density at radius 3 is 2.95 bits per heavy atom. The second-order valence-electron chi connectivity index (χ2n) is 5.51. The maximum Gasteiger partial charge on any atom is 0.227 e. The molecule has 0 aromatic heterocycles. The molecule has 3 rings (SSSR count). The number of benzene rings is 1. The van der Waals surface area contributed by atoms with Crippen molar-refractivity contribution in [1.82, 2.24) is 0 Å². The van der Waals surface area contributed by atoms with Gasteiger partial charge in [-0.1, -0.05) is 19.4 Å². The number of ether oxygens (including phenoxy) is 1. The minimum Gasteiger partial charge on any atom is -0.493 e. The third-order valence-electron chi connectivity index (χ3n) is 4.12. The molecule has 2 aliphatic rings. The highest BCUT2D eigenvalue weighted by Crippen LogP contribution is 2.43. The van der Waals surface area contributed by atoms with Crippen LogP contribution in [0.25, 0.3) is 0 Å². The molecule has 0 aliphatic carbocycles. The van der Waals surface area contributed by atoms with E-state index in [-0.39, 0.29) is 5.91 Å². The summed E-state index contributed by atoms with van der Waals surface area (Å²) in [6.45, 7) is 5.91. The number of carbonyl (C=O) groups is 1. The molecule has 0 bridgehead atoms. The van der Waals surface area contributed by atoms with Gasteiger partial charge in [-0.05, 0) is 37.3 Å². The van der Waals surface area contributed by atoms with E-state index in [0.29, 0.717) is 6.42 Å². The van der Waals surface area contributed by atoms with Gasteiger partial charge in [-0.2, -0.15) is 0 Å². The van der Waals surface area contributed by atoms with Crippen LogP contribution in [0.1, 0.15) is 42.9 Å². The molecule has 2 aliphatic heterocycles. The summed E-state index contributed by atoms with van der Waals surface area (Å²) < 4.78 is 6.00. The predicted octanol–water partition coefficient (Wildman–Crippen LogP) is 3.01. The minimum atomic E-state index is 0.273. The summed E-state index contributed by atoms with van der Waals surface area (Å²) in [5, 5.41) is 0. The Hall–Kier alpha value is -1.51. The second-order valence-corrected chi connectivity index (χ2v) is 5.51. The van der Waals surface area contributed by atoms with Crippen LogP contribution < -0.4 is 9.64 Å². The number of nitrogens with zero attached hydrogens (tertiary/aromatic N) is 1. The molecular weight excluding hydrogens is 238 g/mol. The van der Waals surface area contributed by atoms with Crippen LogP contribution in [-0.4, -0.2) is 19.1 Å². The summed E-state index contributed by atoms with van der Waals surface area (Å²) in [5.41, 5.74) is 4.97. The van der Waals surface area contributed by atoms with E-state index in [1.54, 1.807) is 0 Å². The molecule has 3 nitrogen and oxygen atoms in total. The van der Waals surface area contributed by atoms with Crippen molar-refractivity contribution >= 4 is 11.6 Å². The topological polar surface area (TPSA) is 29.5 Å². The Morgan fingerprint density at radius 2 is 2.16 bits per heavy atom. The molecule has 1 aromatic rings. The molecule has 0 N–H and O–H groups in total. The summed E-state index contributed by atoms with van der Waals surface area (Å²) in [6.07, 6.45) is 4.67. The first-order valence-electron chi connectivity index (χ1n) is 7.31. The average molecular weight is 259 g/mol. The zero-order valence-corrected chi connectivity index (χ0v) is 11.8. The van der Waals surface area contributed by atoms with Gasteiger partial charge in [0, 0.05) is 18.5 Å². The molecule has 0 radical (unpaired) electrons. The number of anilines is 1. The Morgan fingerprint density at radius 1 is 1.32 bits per heavy atom. The quantitative estimate of drug-likeness (QED) is 0.778. The average Bonchev–Trinajstić information content (AvgIpc) is 2.81. The van der Waals surface area contributed by atoms with Crippen molar-refractivity contribution in [1.29, 1.82) is 0 Å². The van der Waals surface area contributed by atoms with Crippen LogP contribution in [0.2, 0.25) is 0 Å². The minimum absolute atomic E-state index is 0.273. The molecule has 0 fully saturated rings. The highest BCUT2D eigenvalue weighted by atomic mass is 16.5.